The minimum atomic E-state index is -3.71. The van der Waals surface area contributed by atoms with Crippen LogP contribution in [0, 0.1) is 13.8 Å². The summed E-state index contributed by atoms with van der Waals surface area (Å²) in [7, 11) is -3.71. The Morgan fingerprint density at radius 1 is 1.04 bits per heavy atom. The van der Waals surface area contributed by atoms with Crippen molar-refractivity contribution < 1.29 is 12.8 Å². The van der Waals surface area contributed by atoms with Gasteiger partial charge in [0.1, 0.15) is 0 Å². The first kappa shape index (κ1) is 18.2. The van der Waals surface area contributed by atoms with Gasteiger partial charge in [-0.15, -0.1) is 0 Å². The van der Waals surface area contributed by atoms with Gasteiger partial charge in [-0.1, -0.05) is 38.1 Å². The second-order valence-corrected chi connectivity index (χ2v) is 8.26. The number of anilines is 1. The molecule has 0 saturated carbocycles. The minimum Gasteiger partial charge on any atom is -0.441 e. The van der Waals surface area contributed by atoms with Crippen LogP contribution in [0.2, 0.25) is 0 Å². The Morgan fingerprint density at radius 3 is 2.31 bits per heavy atom. The highest BCUT2D eigenvalue weighted by Crippen LogP contribution is 2.27. The van der Waals surface area contributed by atoms with Gasteiger partial charge in [-0.25, -0.2) is 13.4 Å². The second kappa shape index (κ2) is 6.96. The van der Waals surface area contributed by atoms with Gasteiger partial charge in [-0.3, -0.25) is 4.72 Å². The monoisotopic (exact) mass is 370 g/mol. The van der Waals surface area contributed by atoms with Crippen molar-refractivity contribution in [1.82, 2.24) is 4.98 Å². The number of nitrogens with one attached hydrogen (secondary N) is 1. The third-order valence-electron chi connectivity index (χ3n) is 4.21. The van der Waals surface area contributed by atoms with Gasteiger partial charge in [0.15, 0.2) is 11.7 Å². The fourth-order valence-electron chi connectivity index (χ4n) is 2.68. The molecule has 1 heterocycles. The molecule has 6 heteroatoms. The van der Waals surface area contributed by atoms with Crippen LogP contribution in [0.5, 0.6) is 0 Å². The van der Waals surface area contributed by atoms with Crippen LogP contribution in [0.4, 0.5) is 5.69 Å². The van der Waals surface area contributed by atoms with Crippen LogP contribution in [0.25, 0.3) is 11.3 Å². The second-order valence-electron chi connectivity index (χ2n) is 6.61. The van der Waals surface area contributed by atoms with E-state index in [0.29, 0.717) is 34.4 Å². The number of hydrogen-bond donors (Lipinski definition) is 1. The lowest BCUT2D eigenvalue weighted by atomic mass is 10.0. The Hall–Kier alpha value is -2.60. The normalized spacial score (nSPS) is 11.7. The number of benzene rings is 2. The van der Waals surface area contributed by atoms with Gasteiger partial charge >= 0.3 is 0 Å². The number of aromatic nitrogens is 1. The van der Waals surface area contributed by atoms with E-state index in [4.69, 9.17) is 4.42 Å². The molecule has 26 heavy (non-hydrogen) atoms. The van der Waals surface area contributed by atoms with E-state index >= 15 is 0 Å². The zero-order valence-corrected chi connectivity index (χ0v) is 16.1. The molecule has 0 atom stereocenters. The molecular formula is C20H22N2O3S. The number of hydrogen-bond acceptors (Lipinski definition) is 4. The minimum absolute atomic E-state index is 0.219. The quantitative estimate of drug-likeness (QED) is 0.694. The van der Waals surface area contributed by atoms with Crippen LogP contribution >= 0.6 is 0 Å². The molecule has 0 unspecified atom stereocenters. The molecule has 1 aromatic heterocycles. The van der Waals surface area contributed by atoms with Gasteiger partial charge in [0.25, 0.3) is 10.0 Å². The highest BCUT2D eigenvalue weighted by molar-refractivity contribution is 7.92. The van der Waals surface area contributed by atoms with E-state index in [-0.39, 0.29) is 4.90 Å². The van der Waals surface area contributed by atoms with Crippen molar-refractivity contribution in [3.63, 3.8) is 0 Å². The Morgan fingerprint density at radius 2 is 1.73 bits per heavy atom. The summed E-state index contributed by atoms with van der Waals surface area (Å²) >= 11 is 0. The highest BCUT2D eigenvalue weighted by atomic mass is 32.2. The molecule has 0 bridgehead atoms. The summed E-state index contributed by atoms with van der Waals surface area (Å²) in [6, 6.07) is 12.6. The smallest absolute Gasteiger partial charge is 0.262 e. The van der Waals surface area contributed by atoms with Crippen molar-refractivity contribution in [2.45, 2.75) is 38.5 Å². The number of rotatable bonds is 5. The molecule has 136 valence electrons. The van der Waals surface area contributed by atoms with Crippen LogP contribution in [0.15, 0.2) is 58.0 Å². The van der Waals surface area contributed by atoms with Gasteiger partial charge < -0.3 is 4.42 Å². The predicted octanol–water partition coefficient (Wildman–Crippen LogP) is 4.88. The van der Waals surface area contributed by atoms with E-state index in [2.05, 4.69) is 23.6 Å². The number of aryl methyl sites for hydroxylation is 2. The summed E-state index contributed by atoms with van der Waals surface area (Å²) in [4.78, 5) is 4.29. The van der Waals surface area contributed by atoms with Gasteiger partial charge in [0.2, 0.25) is 0 Å². The molecule has 0 aliphatic heterocycles. The fraction of sp³-hybridized carbons (Fsp3) is 0.250. The van der Waals surface area contributed by atoms with E-state index in [1.54, 1.807) is 44.3 Å². The number of oxazole rings is 1. The third kappa shape index (κ3) is 3.80. The van der Waals surface area contributed by atoms with Crippen LogP contribution in [0.3, 0.4) is 0 Å². The molecular weight excluding hydrogens is 348 g/mol. The molecule has 3 rings (SSSR count). The van der Waals surface area contributed by atoms with E-state index in [0.717, 1.165) is 5.56 Å². The first-order chi connectivity index (χ1) is 12.3. The predicted molar refractivity (Wildman–Crippen MR) is 103 cm³/mol. The topological polar surface area (TPSA) is 72.2 Å². The summed E-state index contributed by atoms with van der Waals surface area (Å²) in [6.07, 6.45) is 1.59. The Labute approximate surface area is 154 Å². The molecule has 3 aromatic rings. The Bertz CT molecular complexity index is 1020. The molecule has 0 aliphatic rings. The Kier molecular flexibility index (Phi) is 4.87. The summed E-state index contributed by atoms with van der Waals surface area (Å²) in [5.41, 5.74) is 3.03. The summed E-state index contributed by atoms with van der Waals surface area (Å²) in [6.45, 7) is 7.71. The van der Waals surface area contributed by atoms with E-state index < -0.39 is 10.0 Å². The average molecular weight is 370 g/mol. The molecule has 5 nitrogen and oxygen atoms in total. The first-order valence-corrected chi connectivity index (χ1v) is 9.91. The van der Waals surface area contributed by atoms with Crippen LogP contribution < -0.4 is 4.72 Å². The van der Waals surface area contributed by atoms with Gasteiger partial charge in [0.05, 0.1) is 11.1 Å². The summed E-state index contributed by atoms with van der Waals surface area (Å²) in [5, 5.41) is 0. The molecule has 0 fully saturated rings. The molecule has 0 saturated heterocycles. The number of nitrogens with zero attached hydrogens (tertiary/aromatic N) is 1. The van der Waals surface area contributed by atoms with Crippen LogP contribution in [-0.2, 0) is 10.0 Å². The van der Waals surface area contributed by atoms with E-state index in [9.17, 15) is 8.42 Å². The molecule has 0 aliphatic carbocycles. The maximum atomic E-state index is 12.9. The molecule has 0 radical (unpaired) electrons. The molecule has 0 amide bonds. The molecule has 0 spiro atoms. The third-order valence-corrected chi connectivity index (χ3v) is 5.74. The lowest BCUT2D eigenvalue weighted by Crippen LogP contribution is -2.14. The fourth-order valence-corrected chi connectivity index (χ4v) is 4.01. The van der Waals surface area contributed by atoms with Crippen molar-refractivity contribution in [2.75, 3.05) is 4.72 Å². The van der Waals surface area contributed by atoms with Crippen molar-refractivity contribution in [2.24, 2.45) is 0 Å². The van der Waals surface area contributed by atoms with E-state index in [1.165, 1.54) is 0 Å². The summed E-state index contributed by atoms with van der Waals surface area (Å²) in [5.74, 6) is 1.47. The highest BCUT2D eigenvalue weighted by Gasteiger charge is 2.19. The van der Waals surface area contributed by atoms with Crippen LogP contribution in [0.1, 0.15) is 36.8 Å². The zero-order chi connectivity index (χ0) is 18.9. The lowest BCUT2D eigenvalue weighted by Gasteiger charge is -2.12. The summed E-state index contributed by atoms with van der Waals surface area (Å²) < 4.78 is 33.9. The van der Waals surface area contributed by atoms with Gasteiger partial charge in [-0.2, -0.15) is 0 Å². The maximum absolute atomic E-state index is 12.9. The standard InChI is InChI=1S/C20H22N2O3S/c1-13(2)16-7-9-18(10-8-16)22-26(23,24)20-11-17(6-5-14(20)3)19-12-21-15(4)25-19/h5-13,22H,1-4H3. The maximum Gasteiger partial charge on any atom is 0.262 e. The number of sulfonamides is 1. The Balaban J connectivity index is 1.93. The zero-order valence-electron chi connectivity index (χ0n) is 15.3. The van der Waals surface area contributed by atoms with Crippen LogP contribution in [-0.4, -0.2) is 13.4 Å². The molecule has 1 N–H and O–H groups in total. The van der Waals surface area contributed by atoms with Crippen molar-refractivity contribution in [3.8, 4) is 11.3 Å². The van der Waals surface area contributed by atoms with Crippen molar-refractivity contribution in [3.05, 3.63) is 65.7 Å². The van der Waals surface area contributed by atoms with Gasteiger partial charge in [0, 0.05) is 18.2 Å². The van der Waals surface area contributed by atoms with Gasteiger partial charge in [-0.05, 0) is 42.2 Å². The SMILES string of the molecule is Cc1ncc(-c2ccc(C)c(S(=O)(=O)Nc3ccc(C(C)C)cc3)c2)o1. The average Bonchev–Trinajstić information content (AvgIpc) is 3.01. The molecule has 2 aromatic carbocycles. The van der Waals surface area contributed by atoms with Crippen molar-refractivity contribution in [1.29, 1.82) is 0 Å². The largest absolute Gasteiger partial charge is 0.441 e. The first-order valence-electron chi connectivity index (χ1n) is 8.42. The lowest BCUT2D eigenvalue weighted by molar-refractivity contribution is 0.534. The van der Waals surface area contributed by atoms with Crippen molar-refractivity contribution >= 4 is 15.7 Å². The van der Waals surface area contributed by atoms with E-state index in [1.807, 2.05) is 18.2 Å².